The van der Waals surface area contributed by atoms with Crippen molar-refractivity contribution in [3.8, 4) is 0 Å². The van der Waals surface area contributed by atoms with Gasteiger partial charge in [0.15, 0.2) is 0 Å². The summed E-state index contributed by atoms with van der Waals surface area (Å²) in [7, 11) is 0. The fourth-order valence-corrected chi connectivity index (χ4v) is 3.33. The van der Waals surface area contributed by atoms with Gasteiger partial charge in [-0.25, -0.2) is 9.97 Å². The minimum Gasteiger partial charge on any atom is -0.297 e. The molecule has 1 aromatic carbocycles. The number of aryl methyl sites for hydroxylation is 2. The summed E-state index contributed by atoms with van der Waals surface area (Å²) in [5.74, 6) is 0.730. The van der Waals surface area contributed by atoms with Crippen LogP contribution in [0.5, 0.6) is 0 Å². The molecule has 4 rings (SSSR count). The maximum atomic E-state index is 4.61. The Morgan fingerprint density at radius 2 is 1.96 bits per heavy atom. The van der Waals surface area contributed by atoms with Gasteiger partial charge in [-0.1, -0.05) is 18.2 Å². The van der Waals surface area contributed by atoms with Crippen LogP contribution in [-0.4, -0.2) is 20.6 Å². The number of hydrazone groups is 1. The Morgan fingerprint density at radius 3 is 2.84 bits per heavy atom. The fraction of sp³-hybridized carbons (Fsp3) is 0.105. The molecule has 25 heavy (non-hydrogen) atoms. The highest BCUT2D eigenvalue weighted by atomic mass is 127. The minimum absolute atomic E-state index is 0.730. The number of imidazole rings is 1. The van der Waals surface area contributed by atoms with E-state index in [-0.39, 0.29) is 0 Å². The molecule has 0 unspecified atom stereocenters. The largest absolute Gasteiger partial charge is 0.297 e. The van der Waals surface area contributed by atoms with Crippen molar-refractivity contribution in [3.05, 3.63) is 69.2 Å². The van der Waals surface area contributed by atoms with Gasteiger partial charge in [0.05, 0.1) is 23.1 Å². The Bertz CT molecular complexity index is 1110. The molecule has 0 radical (unpaired) electrons. The normalized spacial score (nSPS) is 11.6. The van der Waals surface area contributed by atoms with Crippen molar-refractivity contribution >= 4 is 51.2 Å². The van der Waals surface area contributed by atoms with Crippen LogP contribution in [0.2, 0.25) is 0 Å². The number of fused-ring (bicyclic) bond motifs is 2. The van der Waals surface area contributed by atoms with Gasteiger partial charge >= 0.3 is 0 Å². The molecule has 0 aliphatic rings. The maximum Gasteiger partial charge on any atom is 0.147 e. The van der Waals surface area contributed by atoms with E-state index in [4.69, 9.17) is 0 Å². The number of nitrogens with one attached hydrogen (secondary N) is 1. The molecule has 0 aliphatic carbocycles. The second kappa shape index (κ2) is 6.44. The number of hydrogen-bond donors (Lipinski definition) is 1. The number of benzene rings is 1. The van der Waals surface area contributed by atoms with Gasteiger partial charge in [-0.3, -0.25) is 9.83 Å². The molecule has 1 N–H and O–H groups in total. The molecule has 0 aliphatic heterocycles. The first kappa shape index (κ1) is 16.0. The van der Waals surface area contributed by atoms with E-state index in [9.17, 15) is 0 Å². The van der Waals surface area contributed by atoms with Crippen LogP contribution in [-0.2, 0) is 0 Å². The van der Waals surface area contributed by atoms with Crippen LogP contribution in [0.3, 0.4) is 0 Å². The lowest BCUT2D eigenvalue weighted by molar-refractivity contribution is 1.15. The molecule has 0 fully saturated rings. The lowest BCUT2D eigenvalue weighted by atomic mass is 10.1. The van der Waals surface area contributed by atoms with Crippen molar-refractivity contribution in [3.63, 3.8) is 0 Å². The zero-order valence-electron chi connectivity index (χ0n) is 13.9. The second-order valence-corrected chi connectivity index (χ2v) is 7.12. The molecule has 124 valence electrons. The predicted octanol–water partition coefficient (Wildman–Crippen LogP) is 4.55. The second-order valence-electron chi connectivity index (χ2n) is 5.87. The lowest BCUT2D eigenvalue weighted by Crippen LogP contribution is -1.98. The Hall–Kier alpha value is -2.48. The molecule has 0 amide bonds. The Balaban J connectivity index is 1.65. The van der Waals surface area contributed by atoms with Gasteiger partial charge in [0.1, 0.15) is 11.5 Å². The van der Waals surface area contributed by atoms with Gasteiger partial charge in [-0.2, -0.15) is 5.10 Å². The summed E-state index contributed by atoms with van der Waals surface area (Å²) in [6, 6.07) is 14.2. The monoisotopic (exact) mass is 441 g/mol. The quantitative estimate of drug-likeness (QED) is 0.288. The third-order valence-corrected chi connectivity index (χ3v) is 4.73. The maximum absolute atomic E-state index is 4.61. The average molecular weight is 441 g/mol. The number of rotatable bonds is 3. The summed E-state index contributed by atoms with van der Waals surface area (Å²) >= 11 is 2.29. The third kappa shape index (κ3) is 3.09. The summed E-state index contributed by atoms with van der Waals surface area (Å²) in [5.41, 5.74) is 7.98. The standard InChI is InChI=1S/C19H16IN5/c1-12-9-18(23-16-6-4-3-5-15(12)16)24-21-10-17-13(2)22-19-8-7-14(20)11-25(17)19/h3-11H,1-2H3,(H,23,24). The molecule has 4 aromatic rings. The minimum atomic E-state index is 0.730. The third-order valence-electron chi connectivity index (χ3n) is 4.09. The number of halogens is 1. The zero-order chi connectivity index (χ0) is 17.4. The van der Waals surface area contributed by atoms with E-state index in [0.717, 1.165) is 37.3 Å². The fourth-order valence-electron chi connectivity index (χ4n) is 2.88. The summed E-state index contributed by atoms with van der Waals surface area (Å²) in [6.45, 7) is 4.06. The number of hydrogen-bond acceptors (Lipinski definition) is 4. The summed E-state index contributed by atoms with van der Waals surface area (Å²) in [6.07, 6.45) is 3.84. The van der Waals surface area contributed by atoms with E-state index in [1.807, 2.05) is 47.7 Å². The van der Waals surface area contributed by atoms with Crippen LogP contribution < -0.4 is 5.43 Å². The van der Waals surface area contributed by atoms with Crippen molar-refractivity contribution < 1.29 is 0 Å². The molecule has 0 spiro atoms. The summed E-state index contributed by atoms with van der Waals surface area (Å²) in [5, 5.41) is 5.53. The molecular weight excluding hydrogens is 425 g/mol. The molecule has 0 atom stereocenters. The molecule has 6 heteroatoms. The number of aromatic nitrogens is 3. The Labute approximate surface area is 158 Å². The van der Waals surface area contributed by atoms with Gasteiger partial charge in [-0.05, 0) is 66.3 Å². The SMILES string of the molecule is Cc1nc2ccc(I)cn2c1C=NNc1cc(C)c2ccccc2n1. The van der Waals surface area contributed by atoms with E-state index in [1.165, 1.54) is 5.56 Å². The van der Waals surface area contributed by atoms with Crippen LogP contribution >= 0.6 is 22.6 Å². The average Bonchev–Trinajstić information content (AvgIpc) is 2.90. The topological polar surface area (TPSA) is 54.6 Å². The van der Waals surface area contributed by atoms with Gasteiger partial charge < -0.3 is 0 Å². The molecule has 0 saturated carbocycles. The first-order chi connectivity index (χ1) is 12.1. The molecule has 3 heterocycles. The van der Waals surface area contributed by atoms with Crippen molar-refractivity contribution in [2.45, 2.75) is 13.8 Å². The van der Waals surface area contributed by atoms with Crippen molar-refractivity contribution in [2.24, 2.45) is 5.10 Å². The van der Waals surface area contributed by atoms with Crippen LogP contribution in [0, 0.1) is 17.4 Å². The molecule has 0 bridgehead atoms. The van der Waals surface area contributed by atoms with Gasteiger partial charge in [0.2, 0.25) is 0 Å². The molecule has 5 nitrogen and oxygen atoms in total. The van der Waals surface area contributed by atoms with E-state index in [2.05, 4.69) is 62.3 Å². The zero-order valence-corrected chi connectivity index (χ0v) is 16.0. The van der Waals surface area contributed by atoms with Crippen molar-refractivity contribution in [1.29, 1.82) is 0 Å². The summed E-state index contributed by atoms with van der Waals surface area (Å²) < 4.78 is 3.19. The molecular formula is C19H16IN5. The smallest absolute Gasteiger partial charge is 0.147 e. The number of nitrogens with zero attached hydrogens (tertiary/aromatic N) is 4. The van der Waals surface area contributed by atoms with Gasteiger partial charge in [-0.15, -0.1) is 0 Å². The van der Waals surface area contributed by atoms with E-state index in [0.29, 0.717) is 0 Å². The highest BCUT2D eigenvalue weighted by Crippen LogP contribution is 2.20. The van der Waals surface area contributed by atoms with E-state index in [1.54, 1.807) is 6.21 Å². The lowest BCUT2D eigenvalue weighted by Gasteiger charge is -2.05. The van der Waals surface area contributed by atoms with Crippen LogP contribution in [0.15, 0.2) is 53.8 Å². The molecule has 3 aromatic heterocycles. The number of anilines is 1. The number of para-hydroxylation sites is 1. The first-order valence-corrected chi connectivity index (χ1v) is 8.99. The molecule has 0 saturated heterocycles. The van der Waals surface area contributed by atoms with Crippen molar-refractivity contribution in [2.75, 3.05) is 5.43 Å². The van der Waals surface area contributed by atoms with Crippen LogP contribution in [0.1, 0.15) is 17.0 Å². The van der Waals surface area contributed by atoms with Crippen molar-refractivity contribution in [1.82, 2.24) is 14.4 Å². The highest BCUT2D eigenvalue weighted by molar-refractivity contribution is 14.1. The first-order valence-electron chi connectivity index (χ1n) is 7.91. The summed E-state index contributed by atoms with van der Waals surface area (Å²) in [4.78, 5) is 9.17. The van der Waals surface area contributed by atoms with Crippen LogP contribution in [0.4, 0.5) is 5.82 Å². The van der Waals surface area contributed by atoms with Gasteiger partial charge in [0.25, 0.3) is 0 Å². The number of pyridine rings is 2. The van der Waals surface area contributed by atoms with Crippen LogP contribution in [0.25, 0.3) is 16.6 Å². The Morgan fingerprint density at radius 1 is 1.12 bits per heavy atom. The van der Waals surface area contributed by atoms with E-state index >= 15 is 0 Å². The Kier molecular flexibility index (Phi) is 4.12. The predicted molar refractivity (Wildman–Crippen MR) is 110 cm³/mol. The van der Waals surface area contributed by atoms with E-state index < -0.39 is 0 Å². The van der Waals surface area contributed by atoms with Gasteiger partial charge in [0, 0.05) is 15.2 Å². The highest BCUT2D eigenvalue weighted by Gasteiger charge is 2.07.